The summed E-state index contributed by atoms with van der Waals surface area (Å²) in [6, 6.07) is 10.3. The fourth-order valence-electron chi connectivity index (χ4n) is 6.77. The zero-order valence-electron chi connectivity index (χ0n) is 22.2. The summed E-state index contributed by atoms with van der Waals surface area (Å²) in [6.45, 7) is 3.54. The van der Waals surface area contributed by atoms with Crippen molar-refractivity contribution >= 4 is 11.6 Å². The molecule has 11 heteroatoms. The maximum Gasteiger partial charge on any atom is 0.416 e. The van der Waals surface area contributed by atoms with Crippen LogP contribution < -0.4 is 10.2 Å². The molecule has 0 bridgehead atoms. The number of alkyl halides is 3. The second-order valence-corrected chi connectivity index (χ2v) is 11.4. The molecule has 1 aliphatic carbocycles. The molecule has 2 aromatic carbocycles. The van der Waals surface area contributed by atoms with E-state index in [1.165, 1.54) is 4.90 Å². The van der Waals surface area contributed by atoms with Crippen molar-refractivity contribution in [3.63, 3.8) is 0 Å². The molecule has 0 saturated heterocycles. The highest BCUT2D eigenvalue weighted by atomic mass is 19.4. The van der Waals surface area contributed by atoms with Crippen LogP contribution in [-0.4, -0.2) is 30.5 Å². The van der Waals surface area contributed by atoms with Gasteiger partial charge in [-0.2, -0.15) is 18.3 Å². The molecule has 0 radical (unpaired) electrons. The van der Waals surface area contributed by atoms with Crippen LogP contribution in [-0.2, 0) is 44.8 Å². The number of benzene rings is 2. The van der Waals surface area contributed by atoms with Gasteiger partial charge in [0.25, 0.3) is 5.91 Å². The van der Waals surface area contributed by atoms with Crippen molar-refractivity contribution in [1.82, 2.24) is 29.9 Å². The molecule has 0 unspecified atom stereocenters. The van der Waals surface area contributed by atoms with Crippen LogP contribution in [0.5, 0.6) is 0 Å². The summed E-state index contributed by atoms with van der Waals surface area (Å²) in [5.41, 5.74) is 2.90. The predicted molar refractivity (Wildman–Crippen MR) is 140 cm³/mol. The molecule has 1 amide bonds. The maximum absolute atomic E-state index is 14.3. The van der Waals surface area contributed by atoms with Crippen molar-refractivity contribution in [2.75, 3.05) is 4.90 Å². The summed E-state index contributed by atoms with van der Waals surface area (Å²) in [6.07, 6.45) is 0.695. The Bertz CT molecular complexity index is 1630. The number of nitrogens with zero attached hydrogens (tertiary/aromatic N) is 6. The molecule has 7 rings (SSSR count). The molecular formula is C29H28F3N7O. The summed E-state index contributed by atoms with van der Waals surface area (Å²) in [5, 5.41) is 16.2. The van der Waals surface area contributed by atoms with Gasteiger partial charge in [-0.1, -0.05) is 19.1 Å². The lowest BCUT2D eigenvalue weighted by molar-refractivity contribution is -0.138. The molecule has 40 heavy (non-hydrogen) atoms. The average Bonchev–Trinajstić information content (AvgIpc) is 3.66. The summed E-state index contributed by atoms with van der Waals surface area (Å²) in [4.78, 5) is 15.1. The Balaban J connectivity index is 1.24. The van der Waals surface area contributed by atoms with Crippen molar-refractivity contribution in [3.8, 4) is 0 Å². The van der Waals surface area contributed by atoms with Gasteiger partial charge in [-0.3, -0.25) is 9.48 Å². The van der Waals surface area contributed by atoms with E-state index in [1.54, 1.807) is 23.1 Å². The largest absolute Gasteiger partial charge is 0.416 e. The van der Waals surface area contributed by atoms with Crippen LogP contribution in [0, 0.1) is 5.92 Å². The highest BCUT2D eigenvalue weighted by Gasteiger charge is 2.48. The predicted octanol–water partition coefficient (Wildman–Crippen LogP) is 4.56. The number of hydrogen-bond acceptors (Lipinski definition) is 5. The zero-order chi connectivity index (χ0) is 27.8. The summed E-state index contributed by atoms with van der Waals surface area (Å²) in [5.74, 6) is 0.919. The second-order valence-electron chi connectivity index (χ2n) is 11.4. The summed E-state index contributed by atoms with van der Waals surface area (Å²) >= 11 is 0. The van der Waals surface area contributed by atoms with E-state index in [-0.39, 0.29) is 29.6 Å². The minimum absolute atomic E-state index is 0.0130. The van der Waals surface area contributed by atoms with Gasteiger partial charge in [-0.25, -0.2) is 0 Å². The van der Waals surface area contributed by atoms with E-state index in [2.05, 4.69) is 27.5 Å². The summed E-state index contributed by atoms with van der Waals surface area (Å²) < 4.78 is 46.4. The highest BCUT2D eigenvalue weighted by Crippen LogP contribution is 2.52. The number of hydrogen-bond donors (Lipinski definition) is 1. The first-order valence-corrected chi connectivity index (χ1v) is 13.4. The van der Waals surface area contributed by atoms with Gasteiger partial charge in [0.2, 0.25) is 0 Å². The van der Waals surface area contributed by atoms with Gasteiger partial charge < -0.3 is 14.8 Å². The lowest BCUT2D eigenvalue weighted by Gasteiger charge is -2.46. The van der Waals surface area contributed by atoms with E-state index in [0.29, 0.717) is 30.3 Å². The number of carbonyl (C=O) groups excluding carboxylic acids is 1. The van der Waals surface area contributed by atoms with Crippen LogP contribution >= 0.6 is 0 Å². The van der Waals surface area contributed by atoms with Gasteiger partial charge in [0.1, 0.15) is 12.2 Å². The van der Waals surface area contributed by atoms with Crippen molar-refractivity contribution < 1.29 is 18.0 Å². The Morgan fingerprint density at radius 2 is 1.98 bits per heavy atom. The smallest absolute Gasteiger partial charge is 0.320 e. The Kier molecular flexibility index (Phi) is 5.47. The number of aromatic nitrogens is 5. The Hall–Kier alpha value is -3.99. The molecule has 3 aliphatic rings. The lowest BCUT2D eigenvalue weighted by atomic mass is 9.58. The Morgan fingerprint density at radius 3 is 2.67 bits per heavy atom. The number of anilines is 1. The molecule has 8 nitrogen and oxygen atoms in total. The minimum Gasteiger partial charge on any atom is -0.320 e. The molecule has 2 aliphatic heterocycles. The van der Waals surface area contributed by atoms with Gasteiger partial charge >= 0.3 is 6.18 Å². The molecule has 1 saturated carbocycles. The van der Waals surface area contributed by atoms with E-state index >= 15 is 0 Å². The average molecular weight is 548 g/mol. The number of halogens is 3. The molecule has 4 heterocycles. The number of fused-ring (bicyclic) bond motifs is 2. The first-order chi connectivity index (χ1) is 19.1. The van der Waals surface area contributed by atoms with E-state index in [4.69, 9.17) is 0 Å². The van der Waals surface area contributed by atoms with Gasteiger partial charge in [-0.15, -0.1) is 10.2 Å². The number of aryl methyl sites for hydroxylation is 1. The van der Waals surface area contributed by atoms with Gasteiger partial charge in [0.05, 0.1) is 29.8 Å². The third-order valence-electron chi connectivity index (χ3n) is 8.53. The molecule has 2 aromatic heterocycles. The molecular weight excluding hydrogens is 519 g/mol. The third kappa shape index (κ3) is 3.86. The number of carbonyl (C=O) groups is 1. The monoisotopic (exact) mass is 547 g/mol. The molecule has 4 aromatic rings. The maximum atomic E-state index is 14.3. The fourth-order valence-corrected chi connectivity index (χ4v) is 6.77. The molecule has 1 N–H and O–H groups in total. The quantitative estimate of drug-likeness (QED) is 0.396. The molecule has 0 atom stereocenters. The number of nitrogens with one attached hydrogen (secondary N) is 1. The van der Waals surface area contributed by atoms with E-state index in [9.17, 15) is 18.0 Å². The van der Waals surface area contributed by atoms with Crippen LogP contribution in [0.2, 0.25) is 0 Å². The van der Waals surface area contributed by atoms with Crippen LogP contribution in [0.3, 0.4) is 0 Å². The normalized spacial score (nSPS) is 22.0. The topological polar surface area (TPSA) is 80.9 Å². The lowest BCUT2D eigenvalue weighted by Crippen LogP contribution is -2.43. The van der Waals surface area contributed by atoms with Crippen LogP contribution in [0.1, 0.15) is 69.5 Å². The van der Waals surface area contributed by atoms with Gasteiger partial charge in [0.15, 0.2) is 0 Å². The van der Waals surface area contributed by atoms with E-state index < -0.39 is 17.6 Å². The number of rotatable bonds is 5. The molecule has 1 fully saturated rings. The first kappa shape index (κ1) is 25.0. The van der Waals surface area contributed by atoms with E-state index in [1.807, 2.05) is 36.0 Å². The fraction of sp³-hybridized carbons (Fsp3) is 0.379. The Labute approximate surface area is 228 Å². The van der Waals surface area contributed by atoms with Crippen LogP contribution in [0.15, 0.2) is 48.9 Å². The molecule has 0 spiro atoms. The number of amides is 1. The van der Waals surface area contributed by atoms with Crippen LogP contribution in [0.4, 0.5) is 18.9 Å². The second kappa shape index (κ2) is 8.76. The minimum atomic E-state index is -4.59. The van der Waals surface area contributed by atoms with Crippen molar-refractivity contribution in [2.45, 2.75) is 57.5 Å². The summed E-state index contributed by atoms with van der Waals surface area (Å²) in [7, 11) is 1.91. The zero-order valence-corrected chi connectivity index (χ0v) is 22.2. The standard InChI is InChI=1S/C29H28F3N7O/c1-17-9-28(10-17,27-35-34-16-37(27)2)20-4-3-5-21(8-20)39-15-23-22(26(39)40)6-18(7-24(23)29(30,31)32)13-38-14-19-11-33-12-25(19)36-38/h3-8,14,16-17,33H,9-13,15H2,1-2H3. The van der Waals surface area contributed by atoms with Gasteiger partial charge in [0, 0.05) is 43.1 Å². The third-order valence-corrected chi connectivity index (χ3v) is 8.53. The van der Waals surface area contributed by atoms with Gasteiger partial charge in [-0.05, 0) is 59.7 Å². The Morgan fingerprint density at radius 1 is 1.15 bits per heavy atom. The first-order valence-electron chi connectivity index (χ1n) is 13.4. The van der Waals surface area contributed by atoms with Crippen LogP contribution in [0.25, 0.3) is 0 Å². The highest BCUT2D eigenvalue weighted by molar-refractivity contribution is 6.10. The van der Waals surface area contributed by atoms with Crippen molar-refractivity contribution in [1.29, 1.82) is 0 Å². The SMILES string of the molecule is CC1CC(c2cccc(N3Cc4c(cc(Cn5cc6c(n5)CNC6)cc4C(F)(F)F)C3=O)c2)(c2nncn2C)C1. The molecule has 206 valence electrons. The van der Waals surface area contributed by atoms with Crippen molar-refractivity contribution in [2.24, 2.45) is 13.0 Å². The van der Waals surface area contributed by atoms with Crippen molar-refractivity contribution in [3.05, 3.63) is 93.8 Å². The van der Waals surface area contributed by atoms with E-state index in [0.717, 1.165) is 41.6 Å².